The molecule has 1 aromatic carbocycles. The van der Waals surface area contributed by atoms with Gasteiger partial charge in [-0.25, -0.2) is 4.21 Å². The van der Waals surface area contributed by atoms with Crippen molar-refractivity contribution in [1.82, 2.24) is 0 Å². The minimum absolute atomic E-state index is 0. The Morgan fingerprint density at radius 3 is 2.67 bits per heavy atom. The molecule has 0 fully saturated rings. The summed E-state index contributed by atoms with van der Waals surface area (Å²) in [7, 11) is 1.51. The Labute approximate surface area is 85.6 Å². The number of hydrogen-bond acceptors (Lipinski definition) is 2. The molecule has 0 aromatic heterocycles. The van der Waals surface area contributed by atoms with Crippen LogP contribution in [0.15, 0.2) is 29.2 Å². The molecule has 0 saturated heterocycles. The molecule has 0 radical (unpaired) electrons. The van der Waals surface area contributed by atoms with Gasteiger partial charge in [0.1, 0.15) is 5.75 Å². The summed E-state index contributed by atoms with van der Waals surface area (Å²) in [6, 6.07) is 6.48. The van der Waals surface area contributed by atoms with Crippen molar-refractivity contribution in [2.24, 2.45) is 0 Å². The van der Waals surface area contributed by atoms with Crippen molar-refractivity contribution < 1.29 is 13.5 Å². The van der Waals surface area contributed by atoms with Crippen molar-refractivity contribution in [3.63, 3.8) is 0 Å². The van der Waals surface area contributed by atoms with Crippen LogP contribution in [0.3, 0.4) is 0 Å². The SMILES string of the molecule is COc1cccc(S(=O)O)c1.[LiH]. The topological polar surface area (TPSA) is 46.5 Å². The molecule has 0 aliphatic carbocycles. The van der Waals surface area contributed by atoms with Crippen molar-refractivity contribution in [3.05, 3.63) is 24.3 Å². The van der Waals surface area contributed by atoms with Crippen molar-refractivity contribution in [1.29, 1.82) is 0 Å². The summed E-state index contributed by atoms with van der Waals surface area (Å²) in [5.74, 6) is 0.588. The summed E-state index contributed by atoms with van der Waals surface area (Å²) in [5, 5.41) is 0. The third kappa shape index (κ3) is 3.00. The molecule has 3 nitrogen and oxygen atoms in total. The second-order valence-electron chi connectivity index (χ2n) is 1.93. The normalized spacial score (nSPS) is 11.5. The second kappa shape index (κ2) is 5.39. The number of rotatable bonds is 2. The molecule has 0 bridgehead atoms. The van der Waals surface area contributed by atoms with E-state index in [1.54, 1.807) is 18.2 Å². The van der Waals surface area contributed by atoms with Gasteiger partial charge < -0.3 is 9.29 Å². The van der Waals surface area contributed by atoms with Crippen LogP contribution in [0.5, 0.6) is 5.75 Å². The van der Waals surface area contributed by atoms with Crippen LogP contribution in [0.25, 0.3) is 0 Å². The third-order valence-corrected chi connectivity index (χ3v) is 1.90. The van der Waals surface area contributed by atoms with Crippen molar-refractivity contribution in [3.8, 4) is 5.75 Å². The van der Waals surface area contributed by atoms with E-state index >= 15 is 0 Å². The van der Waals surface area contributed by atoms with Gasteiger partial charge in [0.25, 0.3) is 0 Å². The van der Waals surface area contributed by atoms with Gasteiger partial charge in [0, 0.05) is 0 Å². The molecule has 0 saturated carbocycles. The molecule has 1 rings (SSSR count). The van der Waals surface area contributed by atoms with Gasteiger partial charge in [0.05, 0.1) is 12.0 Å². The van der Waals surface area contributed by atoms with Gasteiger partial charge in [-0.2, -0.15) is 0 Å². The van der Waals surface area contributed by atoms with Crippen LogP contribution >= 0.6 is 0 Å². The van der Waals surface area contributed by atoms with E-state index in [2.05, 4.69) is 0 Å². The maximum atomic E-state index is 10.5. The standard InChI is InChI=1S/C7H8O3S.Li.H/c1-10-6-3-2-4-7(5-6)11(8)9;;/h2-5H,1H3,(H,8,9);;. The summed E-state index contributed by atoms with van der Waals surface area (Å²) in [6.07, 6.45) is 0. The van der Waals surface area contributed by atoms with Gasteiger partial charge in [-0.05, 0) is 18.2 Å². The maximum absolute atomic E-state index is 10.5. The Kier molecular flexibility index (Phi) is 5.26. The van der Waals surface area contributed by atoms with E-state index < -0.39 is 11.1 Å². The van der Waals surface area contributed by atoms with Crippen molar-refractivity contribution >= 4 is 29.9 Å². The fraction of sp³-hybridized carbons (Fsp3) is 0.143. The summed E-state index contributed by atoms with van der Waals surface area (Å²) < 4.78 is 24.0. The molecule has 0 aliphatic rings. The number of methoxy groups -OCH3 is 1. The van der Waals surface area contributed by atoms with E-state index in [1.807, 2.05) is 0 Å². The van der Waals surface area contributed by atoms with Gasteiger partial charge >= 0.3 is 18.9 Å². The van der Waals surface area contributed by atoms with E-state index in [-0.39, 0.29) is 18.9 Å². The molecule has 1 aromatic rings. The van der Waals surface area contributed by atoms with Crippen LogP contribution in [0.2, 0.25) is 0 Å². The van der Waals surface area contributed by atoms with E-state index in [1.165, 1.54) is 13.2 Å². The van der Waals surface area contributed by atoms with E-state index in [0.717, 1.165) is 0 Å². The zero-order valence-corrected chi connectivity index (χ0v) is 6.80. The monoisotopic (exact) mass is 180 g/mol. The predicted octanol–water partition coefficient (Wildman–Crippen LogP) is 0.627. The molecule has 1 N–H and O–H groups in total. The van der Waals surface area contributed by atoms with Gasteiger partial charge in [-0.15, -0.1) is 0 Å². The Hall–Kier alpha value is -0.273. The van der Waals surface area contributed by atoms with Crippen molar-refractivity contribution in [2.75, 3.05) is 7.11 Å². The first-order valence-electron chi connectivity index (χ1n) is 2.99. The van der Waals surface area contributed by atoms with Gasteiger partial charge in [-0.3, -0.25) is 0 Å². The first-order chi connectivity index (χ1) is 5.24. The molecule has 0 heterocycles. The Bertz CT molecular complexity index is 277. The Morgan fingerprint density at radius 2 is 2.17 bits per heavy atom. The van der Waals surface area contributed by atoms with Gasteiger partial charge in [0.15, 0.2) is 11.1 Å². The summed E-state index contributed by atoms with van der Waals surface area (Å²) in [5.41, 5.74) is 0. The Balaban J connectivity index is 0.00000121. The number of hydrogen-bond donors (Lipinski definition) is 1. The predicted molar refractivity (Wildman–Crippen MR) is 49.2 cm³/mol. The first-order valence-corrected chi connectivity index (χ1v) is 4.09. The average molecular weight is 180 g/mol. The van der Waals surface area contributed by atoms with Crippen LogP contribution in [0.4, 0.5) is 0 Å². The average Bonchev–Trinajstić information content (AvgIpc) is 2.05. The van der Waals surface area contributed by atoms with Gasteiger partial charge in [0.2, 0.25) is 0 Å². The van der Waals surface area contributed by atoms with Crippen LogP contribution in [-0.4, -0.2) is 34.7 Å². The van der Waals surface area contributed by atoms with E-state index in [4.69, 9.17) is 9.29 Å². The summed E-state index contributed by atoms with van der Waals surface area (Å²) >= 11 is -1.92. The molecule has 5 heteroatoms. The van der Waals surface area contributed by atoms with E-state index in [9.17, 15) is 4.21 Å². The van der Waals surface area contributed by atoms with Crippen molar-refractivity contribution in [2.45, 2.75) is 4.90 Å². The van der Waals surface area contributed by atoms with Gasteiger partial charge in [-0.1, -0.05) is 6.07 Å². The third-order valence-electron chi connectivity index (χ3n) is 1.24. The molecular formula is C7H9LiO3S. The molecular weight excluding hydrogens is 171 g/mol. The van der Waals surface area contributed by atoms with Crippen LogP contribution in [0, 0.1) is 0 Å². The zero-order valence-electron chi connectivity index (χ0n) is 5.98. The number of benzene rings is 1. The van der Waals surface area contributed by atoms with Crippen LogP contribution in [0.1, 0.15) is 0 Å². The first kappa shape index (κ1) is 11.7. The molecule has 1 atom stereocenters. The summed E-state index contributed by atoms with van der Waals surface area (Å²) in [6.45, 7) is 0. The second-order valence-corrected chi connectivity index (χ2v) is 2.90. The molecule has 0 spiro atoms. The number of ether oxygens (including phenoxy) is 1. The van der Waals surface area contributed by atoms with E-state index in [0.29, 0.717) is 10.6 Å². The van der Waals surface area contributed by atoms with Crippen LogP contribution < -0.4 is 4.74 Å². The summed E-state index contributed by atoms with van der Waals surface area (Å²) in [4.78, 5) is 0.351. The zero-order chi connectivity index (χ0) is 8.27. The Morgan fingerprint density at radius 1 is 1.50 bits per heavy atom. The quantitative estimate of drug-likeness (QED) is 0.536. The molecule has 12 heavy (non-hydrogen) atoms. The van der Waals surface area contributed by atoms with Crippen LogP contribution in [-0.2, 0) is 11.1 Å². The molecule has 62 valence electrons. The minimum atomic E-state index is -1.92. The fourth-order valence-corrected chi connectivity index (χ4v) is 1.12. The molecule has 0 amide bonds. The molecule has 0 aliphatic heterocycles. The fourth-order valence-electron chi connectivity index (χ4n) is 0.710. The molecule has 1 unspecified atom stereocenters.